The molecular weight excluding hydrogens is 380 g/mol. The van der Waals surface area contributed by atoms with Crippen LogP contribution in [-0.4, -0.2) is 33.8 Å². The number of rotatable bonds is 7. The molecule has 0 fully saturated rings. The Morgan fingerprint density at radius 1 is 1.14 bits per heavy atom. The summed E-state index contributed by atoms with van der Waals surface area (Å²) < 4.78 is 6.45. The van der Waals surface area contributed by atoms with Crippen molar-refractivity contribution in [3.8, 4) is 0 Å². The minimum Gasteiger partial charge on any atom is -0.469 e. The van der Waals surface area contributed by atoms with Crippen LogP contribution in [-0.2, 0) is 16.1 Å². The zero-order chi connectivity index (χ0) is 19.9. The maximum atomic E-state index is 12.7. The molecule has 1 aromatic heterocycles. The number of ether oxygens (including phenoxy) is 1. The van der Waals surface area contributed by atoms with Crippen LogP contribution in [0.3, 0.4) is 0 Å². The van der Waals surface area contributed by atoms with Gasteiger partial charge in [0.25, 0.3) is 5.91 Å². The predicted molar refractivity (Wildman–Crippen MR) is 104 cm³/mol. The second-order valence-electron chi connectivity index (χ2n) is 6.15. The Morgan fingerprint density at radius 3 is 2.46 bits per heavy atom. The summed E-state index contributed by atoms with van der Waals surface area (Å²) in [5.41, 5.74) is 2.25. The quantitative estimate of drug-likeness (QED) is 0.618. The number of carbonyl (C=O) groups excluding carboxylic acids is 2. The lowest BCUT2D eigenvalue weighted by molar-refractivity contribution is -0.141. The third kappa shape index (κ3) is 5.17. The van der Waals surface area contributed by atoms with Crippen LogP contribution in [0.4, 0.5) is 0 Å². The summed E-state index contributed by atoms with van der Waals surface area (Å²) >= 11 is 5.93. The lowest BCUT2D eigenvalue weighted by atomic mass is 10.0. The molecule has 144 valence electrons. The number of esters is 1. The van der Waals surface area contributed by atoms with Gasteiger partial charge in [-0.1, -0.05) is 35.9 Å². The zero-order valence-corrected chi connectivity index (χ0v) is 16.0. The molecule has 0 aliphatic carbocycles. The highest BCUT2D eigenvalue weighted by atomic mass is 35.5. The molecule has 2 aromatic carbocycles. The molecule has 8 heteroatoms. The van der Waals surface area contributed by atoms with E-state index in [1.165, 1.54) is 13.4 Å². The first kappa shape index (κ1) is 19.6. The number of amides is 1. The Morgan fingerprint density at radius 2 is 1.86 bits per heavy atom. The number of halogens is 1. The first-order valence-electron chi connectivity index (χ1n) is 8.59. The minimum atomic E-state index is -0.521. The molecule has 0 radical (unpaired) electrons. The highest BCUT2D eigenvalue weighted by molar-refractivity contribution is 6.30. The average molecular weight is 399 g/mol. The molecule has 1 heterocycles. The topological polar surface area (TPSA) is 86.1 Å². The lowest BCUT2D eigenvalue weighted by Gasteiger charge is -2.18. The van der Waals surface area contributed by atoms with E-state index < -0.39 is 12.0 Å². The summed E-state index contributed by atoms with van der Waals surface area (Å²) in [5, 5.41) is 7.52. The molecule has 1 N–H and O–H groups in total. The molecule has 0 aliphatic heterocycles. The van der Waals surface area contributed by atoms with E-state index in [1.807, 2.05) is 12.1 Å². The molecule has 0 bridgehead atoms. The molecule has 0 aliphatic rings. The fourth-order valence-electron chi connectivity index (χ4n) is 2.70. The van der Waals surface area contributed by atoms with Gasteiger partial charge in [0.1, 0.15) is 12.7 Å². The van der Waals surface area contributed by atoms with Crippen LogP contribution in [0.1, 0.15) is 33.9 Å². The Balaban J connectivity index is 1.71. The van der Waals surface area contributed by atoms with Gasteiger partial charge in [-0.3, -0.25) is 9.59 Å². The van der Waals surface area contributed by atoms with Gasteiger partial charge < -0.3 is 10.1 Å². The van der Waals surface area contributed by atoms with Gasteiger partial charge in [-0.05, 0) is 35.4 Å². The Labute approximate surface area is 167 Å². The monoisotopic (exact) mass is 398 g/mol. The van der Waals surface area contributed by atoms with Crippen molar-refractivity contribution in [3.05, 3.63) is 82.9 Å². The van der Waals surface area contributed by atoms with E-state index in [0.717, 1.165) is 11.1 Å². The van der Waals surface area contributed by atoms with E-state index in [4.69, 9.17) is 16.3 Å². The first-order chi connectivity index (χ1) is 13.5. The highest BCUT2D eigenvalue weighted by Gasteiger charge is 2.19. The average Bonchev–Trinajstić information content (AvgIpc) is 3.21. The molecule has 1 amide bonds. The number of hydrogen-bond donors (Lipinski definition) is 1. The summed E-state index contributed by atoms with van der Waals surface area (Å²) in [6, 6.07) is 13.6. The lowest BCUT2D eigenvalue weighted by Crippen LogP contribution is -2.30. The summed E-state index contributed by atoms with van der Waals surface area (Å²) in [4.78, 5) is 28.3. The largest absolute Gasteiger partial charge is 0.469 e. The van der Waals surface area contributed by atoms with Crippen molar-refractivity contribution in [2.75, 3.05) is 7.11 Å². The maximum absolute atomic E-state index is 12.7. The molecule has 28 heavy (non-hydrogen) atoms. The number of aromatic nitrogens is 3. The van der Waals surface area contributed by atoms with E-state index >= 15 is 0 Å². The molecular formula is C20H19ClN4O3. The number of nitrogens with zero attached hydrogens (tertiary/aromatic N) is 3. The molecule has 7 nitrogen and oxygen atoms in total. The normalized spacial score (nSPS) is 11.6. The van der Waals surface area contributed by atoms with Crippen LogP contribution in [0.5, 0.6) is 0 Å². The van der Waals surface area contributed by atoms with E-state index in [0.29, 0.717) is 17.1 Å². The number of methoxy groups -OCH3 is 1. The Bertz CT molecular complexity index is 925. The van der Waals surface area contributed by atoms with Crippen molar-refractivity contribution < 1.29 is 14.3 Å². The maximum Gasteiger partial charge on any atom is 0.307 e. The van der Waals surface area contributed by atoms with Crippen molar-refractivity contribution in [1.82, 2.24) is 20.1 Å². The summed E-state index contributed by atoms with van der Waals surface area (Å²) in [6.07, 6.45) is 3.12. The van der Waals surface area contributed by atoms with Crippen LogP contribution in [0.2, 0.25) is 5.02 Å². The van der Waals surface area contributed by atoms with Crippen LogP contribution < -0.4 is 5.32 Å². The Hall–Kier alpha value is -3.19. The van der Waals surface area contributed by atoms with Crippen molar-refractivity contribution >= 4 is 23.5 Å². The number of carbonyl (C=O) groups is 2. The second-order valence-corrected chi connectivity index (χ2v) is 6.58. The van der Waals surface area contributed by atoms with Crippen molar-refractivity contribution in [1.29, 1.82) is 0 Å². The van der Waals surface area contributed by atoms with E-state index in [9.17, 15) is 9.59 Å². The predicted octanol–water partition coefficient (Wildman–Crippen LogP) is 3.01. The van der Waals surface area contributed by atoms with Gasteiger partial charge in [-0.15, -0.1) is 0 Å². The Kier molecular flexibility index (Phi) is 6.39. The molecule has 3 aromatic rings. The first-order valence-corrected chi connectivity index (χ1v) is 8.97. The van der Waals surface area contributed by atoms with Crippen molar-refractivity contribution in [3.63, 3.8) is 0 Å². The van der Waals surface area contributed by atoms with E-state index in [-0.39, 0.29) is 12.3 Å². The van der Waals surface area contributed by atoms with E-state index in [2.05, 4.69) is 15.4 Å². The van der Waals surface area contributed by atoms with Gasteiger partial charge in [0.15, 0.2) is 0 Å². The van der Waals surface area contributed by atoms with Crippen LogP contribution in [0.15, 0.2) is 61.2 Å². The third-order valence-electron chi connectivity index (χ3n) is 4.20. The zero-order valence-electron chi connectivity index (χ0n) is 15.2. The molecule has 3 rings (SSSR count). The summed E-state index contributed by atoms with van der Waals surface area (Å²) in [5.74, 6) is -0.695. The minimum absolute atomic E-state index is 0.0221. The SMILES string of the molecule is COC(=O)CC(NC(=O)c1ccc(Cn2cncn2)cc1)c1ccc(Cl)cc1. The van der Waals surface area contributed by atoms with Gasteiger partial charge >= 0.3 is 5.97 Å². The molecule has 0 spiro atoms. The van der Waals surface area contributed by atoms with Gasteiger partial charge in [0, 0.05) is 10.6 Å². The third-order valence-corrected chi connectivity index (χ3v) is 4.46. The van der Waals surface area contributed by atoms with E-state index in [1.54, 1.807) is 47.4 Å². The van der Waals surface area contributed by atoms with Gasteiger partial charge in [-0.2, -0.15) is 5.10 Å². The van der Waals surface area contributed by atoms with Crippen LogP contribution >= 0.6 is 11.6 Å². The van der Waals surface area contributed by atoms with Crippen molar-refractivity contribution in [2.24, 2.45) is 0 Å². The number of hydrogen-bond acceptors (Lipinski definition) is 5. The number of benzene rings is 2. The molecule has 1 unspecified atom stereocenters. The second kappa shape index (κ2) is 9.14. The van der Waals surface area contributed by atoms with Crippen LogP contribution in [0.25, 0.3) is 0 Å². The summed E-state index contributed by atoms with van der Waals surface area (Å²) in [6.45, 7) is 0.567. The van der Waals surface area contributed by atoms with Gasteiger partial charge in [-0.25, -0.2) is 9.67 Å². The van der Waals surface area contributed by atoms with Crippen molar-refractivity contribution in [2.45, 2.75) is 19.0 Å². The van der Waals surface area contributed by atoms with Gasteiger partial charge in [0.05, 0.1) is 26.1 Å². The fourth-order valence-corrected chi connectivity index (χ4v) is 2.83. The van der Waals surface area contributed by atoms with Gasteiger partial charge in [0.2, 0.25) is 0 Å². The fraction of sp³-hybridized carbons (Fsp3) is 0.200. The molecule has 0 saturated carbocycles. The smallest absolute Gasteiger partial charge is 0.307 e. The van der Waals surface area contributed by atoms with Crippen LogP contribution in [0, 0.1) is 0 Å². The standard InChI is InChI=1S/C20H19ClN4O3/c1-28-19(26)10-18(15-6-8-17(21)9-7-15)24-20(27)16-4-2-14(3-5-16)11-25-13-22-12-23-25/h2-9,12-13,18H,10-11H2,1H3,(H,24,27). The highest BCUT2D eigenvalue weighted by Crippen LogP contribution is 2.21. The summed E-state index contributed by atoms with van der Waals surface area (Å²) in [7, 11) is 1.32. The molecule has 1 atom stereocenters. The number of nitrogens with one attached hydrogen (secondary N) is 1. The molecule has 0 saturated heterocycles.